The lowest BCUT2D eigenvalue weighted by atomic mass is 10.1. The fourth-order valence-corrected chi connectivity index (χ4v) is 1.82. The zero-order valence-corrected chi connectivity index (χ0v) is 10.1. The van der Waals surface area contributed by atoms with Crippen LogP contribution in [0.2, 0.25) is 0 Å². The Hall–Kier alpha value is -1.87. The van der Waals surface area contributed by atoms with E-state index >= 15 is 0 Å². The maximum atomic E-state index is 13.1. The lowest BCUT2D eigenvalue weighted by molar-refractivity contribution is 0.197. The van der Waals surface area contributed by atoms with Crippen LogP contribution < -0.4 is 10.5 Å². The quantitative estimate of drug-likeness (QED) is 0.877. The molecule has 0 radical (unpaired) electrons. The number of hydrogen-bond donors (Lipinski definition) is 1. The van der Waals surface area contributed by atoms with E-state index in [0.717, 1.165) is 5.56 Å². The zero-order chi connectivity index (χ0) is 12.8. The Morgan fingerprint density at radius 1 is 1.06 bits per heavy atom. The Morgan fingerprint density at radius 3 is 2.50 bits per heavy atom. The van der Waals surface area contributed by atoms with Gasteiger partial charge in [-0.3, -0.25) is 0 Å². The molecular weight excluding hydrogens is 229 g/mol. The van der Waals surface area contributed by atoms with Gasteiger partial charge < -0.3 is 10.5 Å². The topological polar surface area (TPSA) is 35.2 Å². The smallest absolute Gasteiger partial charge is 0.126 e. The van der Waals surface area contributed by atoms with E-state index in [-0.39, 0.29) is 11.9 Å². The van der Waals surface area contributed by atoms with Crippen molar-refractivity contribution in [1.29, 1.82) is 0 Å². The number of ether oxygens (including phenoxy) is 1. The average Bonchev–Trinajstić information content (AvgIpc) is 2.39. The van der Waals surface area contributed by atoms with E-state index in [0.29, 0.717) is 18.7 Å². The average molecular weight is 245 g/mol. The summed E-state index contributed by atoms with van der Waals surface area (Å²) in [7, 11) is 0. The van der Waals surface area contributed by atoms with Gasteiger partial charge in [0.25, 0.3) is 0 Å². The molecule has 94 valence electrons. The first-order valence-corrected chi connectivity index (χ1v) is 5.97. The third kappa shape index (κ3) is 3.31. The van der Waals surface area contributed by atoms with Crippen molar-refractivity contribution < 1.29 is 9.13 Å². The standard InChI is InChI=1S/C15H16FNO/c16-13-7-4-8-14(11-13)18-15(9-10-17)12-5-2-1-3-6-12/h1-8,11,15H,9-10,17H2/t15-/m1/s1. The van der Waals surface area contributed by atoms with Gasteiger partial charge in [-0.15, -0.1) is 0 Å². The fraction of sp³-hybridized carbons (Fsp3) is 0.200. The van der Waals surface area contributed by atoms with Gasteiger partial charge in [0.05, 0.1) is 0 Å². The van der Waals surface area contributed by atoms with Gasteiger partial charge in [0.15, 0.2) is 0 Å². The summed E-state index contributed by atoms with van der Waals surface area (Å²) in [5.41, 5.74) is 6.64. The van der Waals surface area contributed by atoms with Crippen molar-refractivity contribution >= 4 is 0 Å². The molecule has 1 atom stereocenters. The Balaban J connectivity index is 2.16. The van der Waals surface area contributed by atoms with Crippen LogP contribution in [0.3, 0.4) is 0 Å². The normalized spacial score (nSPS) is 12.1. The molecule has 0 saturated carbocycles. The second-order valence-corrected chi connectivity index (χ2v) is 4.05. The number of halogens is 1. The molecule has 18 heavy (non-hydrogen) atoms. The fourth-order valence-electron chi connectivity index (χ4n) is 1.82. The van der Waals surface area contributed by atoms with Gasteiger partial charge in [-0.2, -0.15) is 0 Å². The minimum atomic E-state index is -0.299. The van der Waals surface area contributed by atoms with Crippen LogP contribution in [0.1, 0.15) is 18.1 Å². The first-order chi connectivity index (χ1) is 8.79. The van der Waals surface area contributed by atoms with Crippen molar-refractivity contribution in [1.82, 2.24) is 0 Å². The Kier molecular flexibility index (Phi) is 4.31. The minimum Gasteiger partial charge on any atom is -0.486 e. The third-order valence-electron chi connectivity index (χ3n) is 2.67. The summed E-state index contributed by atoms with van der Waals surface area (Å²) in [4.78, 5) is 0. The summed E-state index contributed by atoms with van der Waals surface area (Å²) < 4.78 is 18.9. The van der Waals surface area contributed by atoms with Crippen LogP contribution >= 0.6 is 0 Å². The van der Waals surface area contributed by atoms with E-state index in [1.807, 2.05) is 30.3 Å². The van der Waals surface area contributed by atoms with Crippen LogP contribution in [0.5, 0.6) is 5.75 Å². The molecule has 0 saturated heterocycles. The molecular formula is C15H16FNO. The van der Waals surface area contributed by atoms with Crippen LogP contribution in [0.15, 0.2) is 54.6 Å². The largest absolute Gasteiger partial charge is 0.486 e. The molecule has 0 bridgehead atoms. The van der Waals surface area contributed by atoms with Gasteiger partial charge in [0.2, 0.25) is 0 Å². The van der Waals surface area contributed by atoms with Gasteiger partial charge in [-0.25, -0.2) is 4.39 Å². The highest BCUT2D eigenvalue weighted by atomic mass is 19.1. The molecule has 0 aromatic heterocycles. The van der Waals surface area contributed by atoms with Crippen LogP contribution in [-0.4, -0.2) is 6.54 Å². The first-order valence-electron chi connectivity index (χ1n) is 5.97. The molecule has 0 fully saturated rings. The molecule has 2 aromatic carbocycles. The summed E-state index contributed by atoms with van der Waals surface area (Å²) >= 11 is 0. The van der Waals surface area contributed by atoms with E-state index < -0.39 is 0 Å². The van der Waals surface area contributed by atoms with E-state index in [1.54, 1.807) is 12.1 Å². The second kappa shape index (κ2) is 6.17. The molecule has 2 nitrogen and oxygen atoms in total. The first kappa shape index (κ1) is 12.6. The van der Waals surface area contributed by atoms with E-state index in [2.05, 4.69) is 0 Å². The highest BCUT2D eigenvalue weighted by molar-refractivity contribution is 5.25. The molecule has 0 aliphatic rings. The van der Waals surface area contributed by atoms with Gasteiger partial charge >= 0.3 is 0 Å². The van der Waals surface area contributed by atoms with E-state index in [1.165, 1.54) is 12.1 Å². The SMILES string of the molecule is NCC[C@@H](Oc1cccc(F)c1)c1ccccc1. The van der Waals surface area contributed by atoms with Crippen molar-refractivity contribution in [2.24, 2.45) is 5.73 Å². The van der Waals surface area contributed by atoms with Crippen molar-refractivity contribution in [3.8, 4) is 5.75 Å². The molecule has 2 N–H and O–H groups in total. The summed E-state index contributed by atoms with van der Waals surface area (Å²) in [5.74, 6) is 0.226. The Labute approximate surface area is 106 Å². The number of benzene rings is 2. The summed E-state index contributed by atoms with van der Waals surface area (Å²) in [6.07, 6.45) is 0.554. The number of nitrogens with two attached hydrogens (primary N) is 1. The monoisotopic (exact) mass is 245 g/mol. The molecule has 0 spiro atoms. The maximum absolute atomic E-state index is 13.1. The van der Waals surface area contributed by atoms with Crippen molar-refractivity contribution in [2.45, 2.75) is 12.5 Å². The second-order valence-electron chi connectivity index (χ2n) is 4.05. The van der Waals surface area contributed by atoms with Gasteiger partial charge in [0, 0.05) is 12.5 Å². The Morgan fingerprint density at radius 2 is 1.83 bits per heavy atom. The molecule has 2 aromatic rings. The summed E-state index contributed by atoms with van der Waals surface area (Å²) in [5, 5.41) is 0. The Bertz CT molecular complexity index is 487. The van der Waals surface area contributed by atoms with Crippen LogP contribution in [0.4, 0.5) is 4.39 Å². The maximum Gasteiger partial charge on any atom is 0.126 e. The number of hydrogen-bond acceptors (Lipinski definition) is 2. The summed E-state index contributed by atoms with van der Waals surface area (Å²) in [6, 6.07) is 16.0. The van der Waals surface area contributed by atoms with Crippen molar-refractivity contribution in [3.63, 3.8) is 0 Å². The lowest BCUT2D eigenvalue weighted by Gasteiger charge is -2.19. The minimum absolute atomic E-state index is 0.141. The molecule has 0 unspecified atom stereocenters. The predicted molar refractivity (Wildman–Crippen MR) is 69.9 cm³/mol. The van der Waals surface area contributed by atoms with E-state index in [9.17, 15) is 4.39 Å². The van der Waals surface area contributed by atoms with Gasteiger partial charge in [-0.05, 0) is 24.2 Å². The zero-order valence-electron chi connectivity index (χ0n) is 10.1. The van der Waals surface area contributed by atoms with Crippen LogP contribution in [0.25, 0.3) is 0 Å². The molecule has 2 rings (SSSR count). The number of rotatable bonds is 5. The van der Waals surface area contributed by atoms with E-state index in [4.69, 9.17) is 10.5 Å². The molecule has 0 aliphatic heterocycles. The van der Waals surface area contributed by atoms with Crippen molar-refractivity contribution in [3.05, 3.63) is 66.0 Å². The third-order valence-corrected chi connectivity index (χ3v) is 2.67. The summed E-state index contributed by atoms with van der Waals surface area (Å²) in [6.45, 7) is 0.523. The van der Waals surface area contributed by atoms with Crippen LogP contribution in [0, 0.1) is 5.82 Å². The molecule has 0 amide bonds. The predicted octanol–water partition coefficient (Wildman–Crippen LogP) is 3.29. The van der Waals surface area contributed by atoms with Gasteiger partial charge in [-0.1, -0.05) is 36.4 Å². The molecule has 3 heteroatoms. The van der Waals surface area contributed by atoms with Gasteiger partial charge in [0.1, 0.15) is 17.7 Å². The highest BCUT2D eigenvalue weighted by Gasteiger charge is 2.12. The van der Waals surface area contributed by atoms with Crippen LogP contribution in [-0.2, 0) is 0 Å². The van der Waals surface area contributed by atoms with Crippen molar-refractivity contribution in [2.75, 3.05) is 6.54 Å². The molecule has 0 heterocycles. The molecule has 0 aliphatic carbocycles. The highest BCUT2D eigenvalue weighted by Crippen LogP contribution is 2.24. The lowest BCUT2D eigenvalue weighted by Crippen LogP contribution is -2.13.